The van der Waals surface area contributed by atoms with Crippen LogP contribution in [0.1, 0.15) is 12.0 Å². The van der Waals surface area contributed by atoms with E-state index in [1.807, 2.05) is 6.92 Å². The van der Waals surface area contributed by atoms with E-state index in [4.69, 9.17) is 46.8 Å². The van der Waals surface area contributed by atoms with Crippen LogP contribution < -0.4 is 0 Å². The van der Waals surface area contributed by atoms with Crippen LogP contribution in [0.2, 0.25) is 0 Å². The van der Waals surface area contributed by atoms with Crippen molar-refractivity contribution >= 4 is 16.1 Å². The molecule has 0 fully saturated rings. The second-order valence-corrected chi connectivity index (χ2v) is 10.5. The smallest absolute Gasteiger partial charge is 0.307 e. The minimum atomic E-state index is -3.78. The Bertz CT molecular complexity index is 898. The maximum absolute atomic E-state index is 12.1. The van der Waals surface area contributed by atoms with Crippen molar-refractivity contribution in [3.05, 3.63) is 29.8 Å². The third-order valence-electron chi connectivity index (χ3n) is 5.43. The highest BCUT2D eigenvalue weighted by atomic mass is 32.2. The molecule has 0 spiro atoms. The van der Waals surface area contributed by atoms with Crippen LogP contribution in [0.4, 0.5) is 0 Å². The van der Waals surface area contributed by atoms with E-state index in [0.717, 1.165) is 5.56 Å². The number of methoxy groups -OCH3 is 1. The fourth-order valence-corrected chi connectivity index (χ4v) is 3.99. The van der Waals surface area contributed by atoms with Crippen molar-refractivity contribution in [1.82, 2.24) is 0 Å². The van der Waals surface area contributed by atoms with Gasteiger partial charge in [-0.25, -0.2) is 0 Å². The van der Waals surface area contributed by atoms with Gasteiger partial charge in [-0.1, -0.05) is 17.7 Å². The number of hydrogen-bond acceptors (Lipinski definition) is 14. The van der Waals surface area contributed by atoms with E-state index in [0.29, 0.717) is 112 Å². The topological polar surface area (TPSA) is 153 Å². The number of esters is 1. The minimum Gasteiger partial charge on any atom is -0.469 e. The second kappa shape index (κ2) is 28.7. The van der Waals surface area contributed by atoms with Gasteiger partial charge in [-0.05, 0) is 19.1 Å². The van der Waals surface area contributed by atoms with E-state index in [9.17, 15) is 13.2 Å². The molecule has 1 aromatic rings. The van der Waals surface area contributed by atoms with Gasteiger partial charge in [0.25, 0.3) is 10.1 Å². The van der Waals surface area contributed by atoms with E-state index in [1.165, 1.54) is 19.2 Å². The summed E-state index contributed by atoms with van der Waals surface area (Å²) >= 11 is 0. The van der Waals surface area contributed by atoms with Crippen molar-refractivity contribution in [2.75, 3.05) is 133 Å². The number of hydrogen-bond donors (Lipinski definition) is 0. The Morgan fingerprint density at radius 2 is 0.795 bits per heavy atom. The number of carbonyl (C=O) groups excluding carboxylic acids is 1. The Kier molecular flexibility index (Phi) is 26.3. The molecule has 0 aromatic heterocycles. The van der Waals surface area contributed by atoms with Gasteiger partial charge in [0.05, 0.1) is 144 Å². The predicted octanol–water partition coefficient (Wildman–Crippen LogP) is 1.41. The molecule has 0 unspecified atom stereocenters. The van der Waals surface area contributed by atoms with Crippen LogP contribution in [0.25, 0.3) is 0 Å². The van der Waals surface area contributed by atoms with Crippen molar-refractivity contribution in [2.24, 2.45) is 0 Å². The summed E-state index contributed by atoms with van der Waals surface area (Å²) in [5.41, 5.74) is 0.972. The summed E-state index contributed by atoms with van der Waals surface area (Å²) in [5.74, 6) is -0.293. The number of benzene rings is 1. The summed E-state index contributed by atoms with van der Waals surface area (Å²) in [4.78, 5) is 11.0. The molecule has 0 amide bonds. The molecule has 0 atom stereocenters. The molecule has 0 aliphatic rings. The van der Waals surface area contributed by atoms with E-state index in [1.54, 1.807) is 12.1 Å². The molecule has 0 N–H and O–H groups in total. The SMILES string of the molecule is COC(=O)CCOCCOCCOCCOCCOCCOCCOCCOCCOCCOS(=O)(=O)c1ccc(C)cc1. The van der Waals surface area contributed by atoms with Crippen LogP contribution in [0.5, 0.6) is 0 Å². The first-order valence-corrected chi connectivity index (χ1v) is 16.1. The highest BCUT2D eigenvalue weighted by Gasteiger charge is 2.14. The monoisotopic (exact) mass is 654 g/mol. The molecule has 256 valence electrons. The first-order valence-electron chi connectivity index (χ1n) is 14.7. The lowest BCUT2D eigenvalue weighted by Crippen LogP contribution is -2.15. The van der Waals surface area contributed by atoms with Gasteiger partial charge < -0.3 is 47.4 Å². The van der Waals surface area contributed by atoms with Gasteiger partial charge in [-0.15, -0.1) is 0 Å². The minimum absolute atomic E-state index is 0.0627. The Labute approximate surface area is 261 Å². The molecule has 0 heterocycles. The van der Waals surface area contributed by atoms with E-state index < -0.39 is 10.1 Å². The van der Waals surface area contributed by atoms with Crippen molar-refractivity contribution in [3.8, 4) is 0 Å². The summed E-state index contributed by atoms with van der Waals surface area (Å²) in [7, 11) is -2.43. The summed E-state index contributed by atoms with van der Waals surface area (Å²) in [6, 6.07) is 6.47. The molecule has 0 bridgehead atoms. The summed E-state index contributed by atoms with van der Waals surface area (Å²) < 4.78 is 82.1. The molecule has 0 aliphatic carbocycles. The first kappa shape index (κ1) is 40.3. The fourth-order valence-electron chi connectivity index (χ4n) is 3.09. The number of aryl methyl sites for hydroxylation is 1. The van der Waals surface area contributed by atoms with Crippen LogP contribution in [0.3, 0.4) is 0 Å². The quantitative estimate of drug-likeness (QED) is 0.0625. The molecule has 1 rings (SSSR count). The molecule has 0 saturated heterocycles. The highest BCUT2D eigenvalue weighted by Crippen LogP contribution is 2.12. The maximum Gasteiger partial charge on any atom is 0.307 e. The van der Waals surface area contributed by atoms with Crippen LogP contribution in [-0.4, -0.2) is 147 Å². The molecule has 14 nitrogen and oxygen atoms in total. The standard InChI is InChI=1S/C29H50O14S/c1-27-3-5-28(6-4-27)44(31,32)43-26-25-42-24-23-41-22-21-40-20-19-39-18-17-38-16-15-37-14-13-36-12-11-35-10-9-34-8-7-29(30)33-2/h3-6H,7-26H2,1-2H3. The molecule has 1 aromatic carbocycles. The average Bonchev–Trinajstić information content (AvgIpc) is 3.02. The first-order chi connectivity index (χ1) is 21.5. The second-order valence-electron chi connectivity index (χ2n) is 8.93. The summed E-state index contributed by atoms with van der Waals surface area (Å²) in [6.07, 6.45) is 0.237. The molecule has 44 heavy (non-hydrogen) atoms. The molecular weight excluding hydrogens is 604 g/mol. The summed E-state index contributed by atoms with van der Waals surface area (Å²) in [6.45, 7) is 9.34. The Hall–Kier alpha value is -1.76. The van der Waals surface area contributed by atoms with Gasteiger partial charge >= 0.3 is 5.97 Å². The van der Waals surface area contributed by atoms with Crippen LogP contribution >= 0.6 is 0 Å². The highest BCUT2D eigenvalue weighted by molar-refractivity contribution is 7.86. The number of rotatable bonds is 32. The molecular formula is C29H50O14S. The van der Waals surface area contributed by atoms with Gasteiger partial charge in [0.1, 0.15) is 0 Å². The summed E-state index contributed by atoms with van der Waals surface area (Å²) in [5, 5.41) is 0. The van der Waals surface area contributed by atoms with E-state index >= 15 is 0 Å². The zero-order chi connectivity index (χ0) is 32.0. The zero-order valence-corrected chi connectivity index (χ0v) is 26.9. The van der Waals surface area contributed by atoms with Gasteiger partial charge in [-0.2, -0.15) is 8.42 Å². The molecule has 0 aliphatic heterocycles. The zero-order valence-electron chi connectivity index (χ0n) is 26.1. The van der Waals surface area contributed by atoms with E-state index in [-0.39, 0.29) is 30.5 Å². The number of ether oxygens (including phenoxy) is 10. The lowest BCUT2D eigenvalue weighted by Gasteiger charge is -2.09. The van der Waals surface area contributed by atoms with Gasteiger partial charge in [0, 0.05) is 0 Å². The lowest BCUT2D eigenvalue weighted by molar-refractivity contribution is -0.141. The van der Waals surface area contributed by atoms with Crippen LogP contribution in [0, 0.1) is 6.92 Å². The predicted molar refractivity (Wildman–Crippen MR) is 158 cm³/mol. The third kappa shape index (κ3) is 24.5. The van der Waals surface area contributed by atoms with Crippen molar-refractivity contribution < 1.29 is 64.8 Å². The third-order valence-corrected chi connectivity index (χ3v) is 6.76. The largest absolute Gasteiger partial charge is 0.469 e. The van der Waals surface area contributed by atoms with Gasteiger partial charge in [0.15, 0.2) is 0 Å². The Balaban J connectivity index is 1.70. The normalized spacial score (nSPS) is 11.7. The van der Waals surface area contributed by atoms with Crippen molar-refractivity contribution in [1.29, 1.82) is 0 Å². The van der Waals surface area contributed by atoms with E-state index in [2.05, 4.69) is 4.74 Å². The van der Waals surface area contributed by atoms with Crippen LogP contribution in [-0.2, 0) is 66.5 Å². The van der Waals surface area contributed by atoms with Gasteiger partial charge in [-0.3, -0.25) is 8.98 Å². The fraction of sp³-hybridized carbons (Fsp3) is 0.759. The number of carbonyl (C=O) groups is 1. The molecule has 0 radical (unpaired) electrons. The average molecular weight is 655 g/mol. The Morgan fingerprint density at radius 3 is 1.11 bits per heavy atom. The van der Waals surface area contributed by atoms with Crippen molar-refractivity contribution in [3.63, 3.8) is 0 Å². The van der Waals surface area contributed by atoms with Crippen LogP contribution in [0.15, 0.2) is 29.2 Å². The Morgan fingerprint density at radius 1 is 0.500 bits per heavy atom. The maximum atomic E-state index is 12.1. The lowest BCUT2D eigenvalue weighted by atomic mass is 10.2. The van der Waals surface area contributed by atoms with Crippen molar-refractivity contribution in [2.45, 2.75) is 18.2 Å². The molecule has 0 saturated carbocycles. The molecule has 15 heteroatoms. The van der Waals surface area contributed by atoms with Gasteiger partial charge in [0.2, 0.25) is 0 Å².